The summed E-state index contributed by atoms with van der Waals surface area (Å²) in [6.07, 6.45) is -5.58. The fraction of sp³-hybridized carbons (Fsp3) is 0.429. The van der Waals surface area contributed by atoms with Gasteiger partial charge in [-0.1, -0.05) is 0 Å². The molecule has 2 aromatic rings. The van der Waals surface area contributed by atoms with Gasteiger partial charge in [0.25, 0.3) is 5.76 Å². The lowest BCUT2D eigenvalue weighted by atomic mass is 10.1. The largest absolute Gasteiger partial charge is 0.460 e. The van der Waals surface area contributed by atoms with Crippen LogP contribution in [0.2, 0.25) is 0 Å². The van der Waals surface area contributed by atoms with Crippen LogP contribution < -0.4 is 4.18 Å². The van der Waals surface area contributed by atoms with Crippen LogP contribution in [0.15, 0.2) is 22.9 Å². The highest BCUT2D eigenvalue weighted by Gasteiger charge is 2.86. The fourth-order valence-corrected chi connectivity index (χ4v) is 2.95. The summed E-state index contributed by atoms with van der Waals surface area (Å²) in [5, 5.41) is -7.77. The topological polar surface area (TPSA) is 95.7 Å². The molecule has 0 radical (unpaired) electrons. The normalized spacial score (nSPS) is 14.0. The van der Waals surface area contributed by atoms with E-state index in [4.69, 9.17) is 4.42 Å². The van der Waals surface area contributed by atoms with Crippen molar-refractivity contribution >= 4 is 27.1 Å². The van der Waals surface area contributed by atoms with E-state index in [1.165, 1.54) is 6.92 Å². The first kappa shape index (κ1) is 24.5. The highest BCUT2D eigenvalue weighted by Crippen LogP contribution is 2.55. The van der Waals surface area contributed by atoms with Crippen LogP contribution in [-0.4, -0.2) is 49.3 Å². The molecule has 2 aromatic heterocycles. The van der Waals surface area contributed by atoms with Gasteiger partial charge in [-0.3, -0.25) is 4.98 Å². The van der Waals surface area contributed by atoms with Crippen LogP contribution in [0.25, 0.3) is 11.0 Å². The summed E-state index contributed by atoms with van der Waals surface area (Å²) in [5.41, 5.74) is -0.522. The quantitative estimate of drug-likeness (QED) is 0.328. The lowest BCUT2D eigenvalue weighted by Crippen LogP contribution is -2.63. The van der Waals surface area contributed by atoms with Crippen molar-refractivity contribution in [3.63, 3.8) is 0 Å². The first-order chi connectivity index (χ1) is 13.9. The minimum absolute atomic E-state index is 0.383. The van der Waals surface area contributed by atoms with E-state index < -0.39 is 61.8 Å². The predicted molar refractivity (Wildman–Crippen MR) is 80.4 cm³/mol. The maximum Gasteiger partial charge on any atom is 0.460 e. The van der Waals surface area contributed by atoms with Gasteiger partial charge in [0, 0.05) is 6.20 Å². The Labute approximate surface area is 165 Å². The Kier molecular flexibility index (Phi) is 5.90. The minimum atomic E-state index is -7.51. The Morgan fingerprint density at radius 2 is 1.65 bits per heavy atom. The van der Waals surface area contributed by atoms with Crippen molar-refractivity contribution in [3.8, 4) is 5.75 Å². The molecule has 0 unspecified atom stereocenters. The van der Waals surface area contributed by atoms with Crippen LogP contribution in [0.5, 0.6) is 5.75 Å². The van der Waals surface area contributed by atoms with Gasteiger partial charge in [0.05, 0.1) is 18.2 Å². The molecular weight excluding hydrogens is 481 g/mol. The molecule has 17 heteroatoms. The van der Waals surface area contributed by atoms with Crippen LogP contribution in [-0.2, 0) is 14.9 Å². The number of furan rings is 1. The molecular formula is C14H8F9NO6S. The molecule has 0 amide bonds. The first-order valence-electron chi connectivity index (χ1n) is 7.60. The average Bonchev–Trinajstić information content (AvgIpc) is 2.98. The Hall–Kier alpha value is -2.72. The summed E-state index contributed by atoms with van der Waals surface area (Å²) >= 11 is 0. The molecule has 0 saturated carbocycles. The zero-order valence-corrected chi connectivity index (χ0v) is 15.5. The second-order valence-corrected chi connectivity index (χ2v) is 7.14. The van der Waals surface area contributed by atoms with Gasteiger partial charge in [-0.25, -0.2) is 4.79 Å². The highest BCUT2D eigenvalue weighted by molar-refractivity contribution is 7.88. The number of carbonyl (C=O) groups is 1. The number of carbonyl (C=O) groups excluding carboxylic acids is 1. The van der Waals surface area contributed by atoms with E-state index in [0.29, 0.717) is 0 Å². The van der Waals surface area contributed by atoms with E-state index in [1.807, 2.05) is 0 Å². The van der Waals surface area contributed by atoms with E-state index in [9.17, 15) is 52.7 Å². The number of nitrogens with zero attached hydrogens (tertiary/aromatic N) is 1. The molecule has 0 saturated heterocycles. The lowest BCUT2D eigenvalue weighted by Gasteiger charge is -2.32. The van der Waals surface area contributed by atoms with Gasteiger partial charge in [0.1, 0.15) is 0 Å². The zero-order chi connectivity index (χ0) is 24.0. The van der Waals surface area contributed by atoms with Gasteiger partial charge in [0.15, 0.2) is 5.58 Å². The molecule has 0 aliphatic heterocycles. The molecule has 0 fully saturated rings. The van der Waals surface area contributed by atoms with Crippen LogP contribution in [0.1, 0.15) is 17.5 Å². The minimum Gasteiger partial charge on any atom is -0.460 e. The van der Waals surface area contributed by atoms with E-state index in [-0.39, 0.29) is 6.61 Å². The number of aromatic nitrogens is 1. The lowest BCUT2D eigenvalue weighted by molar-refractivity contribution is -0.382. The SMILES string of the molecule is CCOC(=O)c1oc2cnccc2c1OS(=O)(=O)C(F)(F)C(F)(F)C(F)(F)C(F)(F)F. The summed E-state index contributed by atoms with van der Waals surface area (Å²) in [4.78, 5) is 15.3. The van der Waals surface area contributed by atoms with Gasteiger partial charge in [0.2, 0.25) is 5.75 Å². The Morgan fingerprint density at radius 1 is 1.06 bits per heavy atom. The van der Waals surface area contributed by atoms with Crippen molar-refractivity contribution in [1.29, 1.82) is 0 Å². The number of pyridine rings is 1. The molecule has 174 valence electrons. The molecule has 0 aromatic carbocycles. The number of hydrogen-bond acceptors (Lipinski definition) is 7. The molecule has 2 heterocycles. The van der Waals surface area contributed by atoms with Gasteiger partial charge >= 0.3 is 39.4 Å². The van der Waals surface area contributed by atoms with Gasteiger partial charge < -0.3 is 13.3 Å². The summed E-state index contributed by atoms with van der Waals surface area (Å²) < 4.78 is 154. The maximum atomic E-state index is 13.9. The Balaban J connectivity index is 2.64. The predicted octanol–water partition coefficient (Wildman–Crippen LogP) is 4.14. The molecule has 2 rings (SSSR count). The third-order valence-corrected chi connectivity index (χ3v) is 4.80. The first-order valence-corrected chi connectivity index (χ1v) is 9.01. The van der Waals surface area contributed by atoms with Gasteiger partial charge in [-0.2, -0.15) is 47.9 Å². The summed E-state index contributed by atoms with van der Waals surface area (Å²) in [7, 11) is -7.30. The molecule has 0 bridgehead atoms. The van der Waals surface area contributed by atoms with Crippen LogP contribution in [0, 0.1) is 0 Å². The standard InChI is InChI=1S/C14H8F9NO6S/c1-2-28-10(25)9-8(6-3-4-24-5-7(6)29-9)30-31(26,27)14(22,23)12(17,18)11(15,16)13(19,20)21/h3-5H,2H2,1H3. The second-order valence-electron chi connectivity index (χ2n) is 5.55. The second kappa shape index (κ2) is 7.45. The fourth-order valence-electron chi connectivity index (χ4n) is 2.02. The van der Waals surface area contributed by atoms with Crippen molar-refractivity contribution in [2.75, 3.05) is 6.61 Å². The monoisotopic (exact) mass is 489 g/mol. The van der Waals surface area contributed by atoms with Crippen molar-refractivity contribution in [1.82, 2.24) is 4.98 Å². The number of ether oxygens (including phenoxy) is 1. The number of hydrogen-bond donors (Lipinski definition) is 0. The summed E-state index contributed by atoms with van der Waals surface area (Å²) in [5.74, 6) is -19.3. The molecule has 0 spiro atoms. The van der Waals surface area contributed by atoms with E-state index in [0.717, 1.165) is 18.5 Å². The van der Waals surface area contributed by atoms with Crippen molar-refractivity contribution < 1.29 is 66.1 Å². The molecule has 0 aliphatic rings. The molecule has 0 atom stereocenters. The zero-order valence-electron chi connectivity index (χ0n) is 14.6. The molecule has 31 heavy (non-hydrogen) atoms. The number of rotatable bonds is 7. The van der Waals surface area contributed by atoms with Crippen LogP contribution in [0.3, 0.4) is 0 Å². The number of esters is 1. The van der Waals surface area contributed by atoms with Crippen molar-refractivity contribution in [2.45, 2.75) is 30.2 Å². The number of fused-ring (bicyclic) bond motifs is 1. The highest BCUT2D eigenvalue weighted by atomic mass is 32.2. The average molecular weight is 489 g/mol. The van der Waals surface area contributed by atoms with Crippen molar-refractivity contribution in [3.05, 3.63) is 24.2 Å². The molecule has 0 aliphatic carbocycles. The van der Waals surface area contributed by atoms with Gasteiger partial charge in [-0.05, 0) is 13.0 Å². The van der Waals surface area contributed by atoms with Crippen LogP contribution in [0.4, 0.5) is 39.5 Å². The maximum absolute atomic E-state index is 13.9. The van der Waals surface area contributed by atoms with E-state index in [2.05, 4.69) is 13.9 Å². The van der Waals surface area contributed by atoms with Crippen molar-refractivity contribution in [2.24, 2.45) is 0 Å². The smallest absolute Gasteiger partial charge is 0.460 e. The Bertz CT molecular complexity index is 1090. The van der Waals surface area contributed by atoms with E-state index in [1.54, 1.807) is 0 Å². The number of alkyl halides is 9. The third kappa shape index (κ3) is 3.74. The Morgan fingerprint density at radius 3 is 2.16 bits per heavy atom. The summed E-state index contributed by atoms with van der Waals surface area (Å²) in [6.45, 7) is 0.861. The summed E-state index contributed by atoms with van der Waals surface area (Å²) in [6, 6.07) is 0.785. The van der Waals surface area contributed by atoms with Gasteiger partial charge in [-0.15, -0.1) is 0 Å². The van der Waals surface area contributed by atoms with Crippen LogP contribution >= 0.6 is 0 Å². The molecule has 7 nitrogen and oxygen atoms in total. The van der Waals surface area contributed by atoms with E-state index >= 15 is 0 Å². The third-order valence-electron chi connectivity index (χ3n) is 3.53. The number of halogens is 9. The molecule has 0 N–H and O–H groups in total.